The van der Waals surface area contributed by atoms with Crippen LogP contribution >= 0.6 is 0 Å². The Morgan fingerprint density at radius 1 is 0.917 bits per heavy atom. The van der Waals surface area contributed by atoms with Gasteiger partial charge in [0.05, 0.1) is 14.2 Å². The van der Waals surface area contributed by atoms with Gasteiger partial charge in [0, 0.05) is 5.56 Å². The zero-order valence-electron chi connectivity index (χ0n) is 13.5. The monoisotopic (exact) mass is 326 g/mol. The highest BCUT2D eigenvalue weighted by Crippen LogP contribution is 2.15. The van der Waals surface area contributed by atoms with Gasteiger partial charge < -0.3 is 14.2 Å². The average molecular weight is 326 g/mol. The molecule has 0 saturated carbocycles. The zero-order valence-corrected chi connectivity index (χ0v) is 13.5. The summed E-state index contributed by atoms with van der Waals surface area (Å²) < 4.78 is 14.8. The van der Waals surface area contributed by atoms with E-state index in [9.17, 15) is 9.59 Å². The molecule has 0 spiro atoms. The van der Waals surface area contributed by atoms with Crippen LogP contribution in [0.1, 0.15) is 15.9 Å². The van der Waals surface area contributed by atoms with Crippen molar-refractivity contribution in [1.29, 1.82) is 0 Å². The Bertz CT molecular complexity index is 714. The molecule has 0 saturated heterocycles. The molecule has 0 aliphatic rings. The Kier molecular flexibility index (Phi) is 6.14. The maximum Gasteiger partial charge on any atom is 0.343 e. The van der Waals surface area contributed by atoms with E-state index in [2.05, 4.69) is 4.74 Å². The van der Waals surface area contributed by atoms with Crippen LogP contribution < -0.4 is 9.47 Å². The number of esters is 1. The van der Waals surface area contributed by atoms with Gasteiger partial charge in [-0.1, -0.05) is 18.2 Å². The lowest BCUT2D eigenvalue weighted by atomic mass is 10.1. The van der Waals surface area contributed by atoms with Crippen molar-refractivity contribution in [3.8, 4) is 11.5 Å². The molecule has 0 bridgehead atoms. The number of carbonyl (C=O) groups is 2. The number of ether oxygens (including phenoxy) is 3. The van der Waals surface area contributed by atoms with Crippen molar-refractivity contribution in [1.82, 2.24) is 0 Å². The standard InChI is InChI=1S/C19H18O5/c1-22-16-10-6-15(7-11-16)18(20)12-5-14-3-8-17(9-4-14)24-13-19(21)23-2/h3-12H,13H2,1-2H3/b12-5+. The fourth-order valence-corrected chi connectivity index (χ4v) is 1.90. The molecule has 0 radical (unpaired) electrons. The summed E-state index contributed by atoms with van der Waals surface area (Å²) in [6.07, 6.45) is 3.22. The summed E-state index contributed by atoms with van der Waals surface area (Å²) in [6, 6.07) is 14.0. The number of rotatable bonds is 7. The number of methoxy groups -OCH3 is 2. The number of ketones is 1. The third-order valence-electron chi connectivity index (χ3n) is 3.27. The average Bonchev–Trinajstić information content (AvgIpc) is 2.65. The molecule has 2 aromatic carbocycles. The number of carbonyl (C=O) groups excluding carboxylic acids is 2. The molecule has 0 fully saturated rings. The smallest absolute Gasteiger partial charge is 0.343 e. The Morgan fingerprint density at radius 3 is 2.12 bits per heavy atom. The van der Waals surface area contributed by atoms with Crippen molar-refractivity contribution in [2.75, 3.05) is 20.8 Å². The quantitative estimate of drug-likeness (QED) is 0.444. The third-order valence-corrected chi connectivity index (χ3v) is 3.27. The predicted octanol–water partition coefficient (Wildman–Crippen LogP) is 3.14. The van der Waals surface area contributed by atoms with Gasteiger partial charge in [-0.3, -0.25) is 4.79 Å². The van der Waals surface area contributed by atoms with Crippen LogP contribution in [0.2, 0.25) is 0 Å². The first-order valence-corrected chi connectivity index (χ1v) is 7.28. The van der Waals surface area contributed by atoms with E-state index in [1.165, 1.54) is 13.2 Å². The summed E-state index contributed by atoms with van der Waals surface area (Å²) in [7, 11) is 2.88. The molecule has 0 heterocycles. The van der Waals surface area contributed by atoms with Crippen LogP contribution in [0.4, 0.5) is 0 Å². The minimum atomic E-state index is -0.441. The van der Waals surface area contributed by atoms with Gasteiger partial charge >= 0.3 is 5.97 Å². The van der Waals surface area contributed by atoms with Crippen molar-refractivity contribution in [2.24, 2.45) is 0 Å². The lowest BCUT2D eigenvalue weighted by molar-refractivity contribution is -0.142. The van der Waals surface area contributed by atoms with Crippen molar-refractivity contribution in [3.63, 3.8) is 0 Å². The van der Waals surface area contributed by atoms with E-state index in [1.807, 2.05) is 0 Å². The van der Waals surface area contributed by atoms with Gasteiger partial charge in [0.2, 0.25) is 0 Å². The zero-order chi connectivity index (χ0) is 17.4. The van der Waals surface area contributed by atoms with Crippen molar-refractivity contribution in [3.05, 3.63) is 65.7 Å². The van der Waals surface area contributed by atoms with Crippen LogP contribution in [-0.2, 0) is 9.53 Å². The Labute approximate surface area is 140 Å². The van der Waals surface area contributed by atoms with Gasteiger partial charge in [-0.15, -0.1) is 0 Å². The Morgan fingerprint density at radius 2 is 1.54 bits per heavy atom. The van der Waals surface area contributed by atoms with Gasteiger partial charge in [-0.25, -0.2) is 4.79 Å². The van der Waals surface area contributed by atoms with Crippen LogP contribution in [0.3, 0.4) is 0 Å². The molecule has 2 rings (SSSR count). The predicted molar refractivity (Wildman–Crippen MR) is 90.3 cm³/mol. The highest BCUT2D eigenvalue weighted by atomic mass is 16.6. The van der Waals surface area contributed by atoms with Gasteiger partial charge in [-0.05, 0) is 48.0 Å². The van der Waals surface area contributed by atoms with Gasteiger partial charge in [-0.2, -0.15) is 0 Å². The van der Waals surface area contributed by atoms with Crippen molar-refractivity contribution < 1.29 is 23.8 Å². The topological polar surface area (TPSA) is 61.8 Å². The Hall–Kier alpha value is -3.08. The molecule has 0 aliphatic heterocycles. The number of allylic oxidation sites excluding steroid dienone is 1. The summed E-state index contributed by atoms with van der Waals surface area (Å²) in [4.78, 5) is 23.1. The molecular formula is C19H18O5. The van der Waals surface area contributed by atoms with Gasteiger partial charge in [0.1, 0.15) is 11.5 Å². The van der Waals surface area contributed by atoms with E-state index in [0.29, 0.717) is 17.1 Å². The summed E-state index contributed by atoms with van der Waals surface area (Å²) in [6.45, 7) is -0.137. The van der Waals surface area contributed by atoms with Crippen molar-refractivity contribution in [2.45, 2.75) is 0 Å². The van der Waals surface area contributed by atoms with Crippen LogP contribution in [-0.4, -0.2) is 32.6 Å². The SMILES string of the molecule is COC(=O)COc1ccc(/C=C/C(=O)c2ccc(OC)cc2)cc1. The second kappa shape index (κ2) is 8.53. The van der Waals surface area contributed by atoms with E-state index in [0.717, 1.165) is 5.56 Å². The molecular weight excluding hydrogens is 308 g/mol. The van der Waals surface area contributed by atoms with E-state index in [-0.39, 0.29) is 12.4 Å². The summed E-state index contributed by atoms with van der Waals surface area (Å²) in [5.74, 6) is 0.727. The van der Waals surface area contributed by atoms with Gasteiger partial charge in [0.15, 0.2) is 12.4 Å². The van der Waals surface area contributed by atoms with Crippen LogP contribution in [0, 0.1) is 0 Å². The molecule has 5 heteroatoms. The van der Waals surface area contributed by atoms with Crippen molar-refractivity contribution >= 4 is 17.8 Å². The Balaban J connectivity index is 1.95. The number of benzene rings is 2. The lowest BCUT2D eigenvalue weighted by Gasteiger charge is -2.04. The maximum absolute atomic E-state index is 12.1. The normalized spacial score (nSPS) is 10.4. The first kappa shape index (κ1) is 17.3. The maximum atomic E-state index is 12.1. The molecule has 2 aromatic rings. The molecule has 0 amide bonds. The third kappa shape index (κ3) is 4.98. The minimum absolute atomic E-state index is 0.0938. The second-order valence-electron chi connectivity index (χ2n) is 4.86. The summed E-state index contributed by atoms with van der Waals surface area (Å²) in [5, 5.41) is 0. The van der Waals surface area contributed by atoms with Gasteiger partial charge in [0.25, 0.3) is 0 Å². The van der Waals surface area contributed by atoms with E-state index in [4.69, 9.17) is 9.47 Å². The highest BCUT2D eigenvalue weighted by Gasteiger charge is 2.03. The first-order valence-electron chi connectivity index (χ1n) is 7.28. The lowest BCUT2D eigenvalue weighted by Crippen LogP contribution is -2.12. The number of hydrogen-bond donors (Lipinski definition) is 0. The molecule has 24 heavy (non-hydrogen) atoms. The summed E-state index contributed by atoms with van der Waals surface area (Å²) >= 11 is 0. The molecule has 124 valence electrons. The minimum Gasteiger partial charge on any atom is -0.497 e. The summed E-state index contributed by atoms with van der Waals surface area (Å²) in [5.41, 5.74) is 1.44. The van der Waals surface area contributed by atoms with Crippen LogP contribution in [0.25, 0.3) is 6.08 Å². The van der Waals surface area contributed by atoms with Crippen LogP contribution in [0.15, 0.2) is 54.6 Å². The molecule has 0 unspecified atom stereocenters. The first-order chi connectivity index (χ1) is 11.6. The van der Waals surface area contributed by atoms with E-state index >= 15 is 0 Å². The fourth-order valence-electron chi connectivity index (χ4n) is 1.90. The molecule has 0 aliphatic carbocycles. The highest BCUT2D eigenvalue weighted by molar-refractivity contribution is 6.06. The molecule has 0 N–H and O–H groups in total. The molecule has 5 nitrogen and oxygen atoms in total. The largest absolute Gasteiger partial charge is 0.497 e. The van der Waals surface area contributed by atoms with E-state index < -0.39 is 5.97 Å². The van der Waals surface area contributed by atoms with Crippen LogP contribution in [0.5, 0.6) is 11.5 Å². The fraction of sp³-hybridized carbons (Fsp3) is 0.158. The molecule has 0 atom stereocenters. The molecule has 0 aromatic heterocycles. The number of hydrogen-bond acceptors (Lipinski definition) is 5. The van der Waals surface area contributed by atoms with E-state index in [1.54, 1.807) is 61.7 Å². The second-order valence-corrected chi connectivity index (χ2v) is 4.86.